The predicted octanol–water partition coefficient (Wildman–Crippen LogP) is 1.12. The maximum absolute atomic E-state index is 11.8. The van der Waals surface area contributed by atoms with E-state index in [0.717, 1.165) is 11.4 Å². The summed E-state index contributed by atoms with van der Waals surface area (Å²) in [6.07, 6.45) is 0. The fourth-order valence-corrected chi connectivity index (χ4v) is 1.49. The van der Waals surface area contributed by atoms with Crippen molar-refractivity contribution in [3.63, 3.8) is 0 Å². The number of nitrogens with zero attached hydrogens (tertiary/aromatic N) is 3. The summed E-state index contributed by atoms with van der Waals surface area (Å²) in [4.78, 5) is 17.4. The maximum atomic E-state index is 11.8. The summed E-state index contributed by atoms with van der Waals surface area (Å²) in [5.74, 6) is 6.47. The van der Waals surface area contributed by atoms with Crippen molar-refractivity contribution < 1.29 is 4.79 Å². The van der Waals surface area contributed by atoms with Crippen LogP contribution in [0.15, 0.2) is 30.3 Å². The summed E-state index contributed by atoms with van der Waals surface area (Å²) in [7, 11) is 1.67. The SMILES string of the molecule is Cc1nc(CN(C)C(=O)C#Cc2ccccc2)n[nH]1. The molecule has 19 heavy (non-hydrogen) atoms. The number of H-pyrrole nitrogens is 1. The van der Waals surface area contributed by atoms with E-state index >= 15 is 0 Å². The van der Waals surface area contributed by atoms with Gasteiger partial charge in [0.15, 0.2) is 5.82 Å². The molecule has 0 saturated heterocycles. The van der Waals surface area contributed by atoms with Crippen molar-refractivity contribution >= 4 is 5.91 Å². The van der Waals surface area contributed by atoms with Crippen LogP contribution in [0.25, 0.3) is 0 Å². The lowest BCUT2D eigenvalue weighted by Crippen LogP contribution is -2.25. The molecule has 0 aliphatic carbocycles. The molecular weight excluding hydrogens is 240 g/mol. The third-order valence-corrected chi connectivity index (χ3v) is 2.46. The van der Waals surface area contributed by atoms with Crippen molar-refractivity contribution in [3.8, 4) is 11.8 Å². The maximum Gasteiger partial charge on any atom is 0.298 e. The Morgan fingerprint density at radius 2 is 2.11 bits per heavy atom. The molecule has 1 amide bonds. The summed E-state index contributed by atoms with van der Waals surface area (Å²) >= 11 is 0. The molecule has 0 saturated carbocycles. The Hall–Kier alpha value is -2.61. The minimum Gasteiger partial charge on any atom is -0.327 e. The molecule has 0 radical (unpaired) electrons. The van der Waals surface area contributed by atoms with Gasteiger partial charge in [0.25, 0.3) is 5.91 Å². The van der Waals surface area contributed by atoms with Gasteiger partial charge in [-0.15, -0.1) is 0 Å². The van der Waals surface area contributed by atoms with Gasteiger partial charge in [-0.2, -0.15) is 5.10 Å². The summed E-state index contributed by atoms with van der Waals surface area (Å²) in [5, 5.41) is 6.71. The highest BCUT2D eigenvalue weighted by Gasteiger charge is 2.09. The van der Waals surface area contributed by atoms with Crippen LogP contribution in [0.3, 0.4) is 0 Å². The minimum absolute atomic E-state index is 0.258. The van der Waals surface area contributed by atoms with E-state index in [0.29, 0.717) is 12.4 Å². The predicted molar refractivity (Wildman–Crippen MR) is 70.9 cm³/mol. The largest absolute Gasteiger partial charge is 0.327 e. The Labute approximate surface area is 111 Å². The van der Waals surface area contributed by atoms with Crippen molar-refractivity contribution in [2.24, 2.45) is 0 Å². The van der Waals surface area contributed by atoms with Crippen LogP contribution in [0, 0.1) is 18.8 Å². The van der Waals surface area contributed by atoms with Crippen LogP contribution in [0.5, 0.6) is 0 Å². The Morgan fingerprint density at radius 3 is 2.74 bits per heavy atom. The normalized spacial score (nSPS) is 9.58. The van der Waals surface area contributed by atoms with Gasteiger partial charge in [-0.3, -0.25) is 9.89 Å². The molecule has 96 valence electrons. The van der Waals surface area contributed by atoms with Crippen molar-refractivity contribution in [1.82, 2.24) is 20.1 Å². The Morgan fingerprint density at radius 1 is 1.37 bits per heavy atom. The van der Waals surface area contributed by atoms with E-state index in [1.165, 1.54) is 4.90 Å². The first-order valence-corrected chi connectivity index (χ1v) is 5.85. The second-order valence-electron chi connectivity index (χ2n) is 4.11. The summed E-state index contributed by atoms with van der Waals surface area (Å²) in [5.41, 5.74) is 0.818. The summed E-state index contributed by atoms with van der Waals surface area (Å²) < 4.78 is 0. The molecule has 2 aromatic rings. The Kier molecular flexibility index (Phi) is 3.94. The van der Waals surface area contributed by atoms with Gasteiger partial charge < -0.3 is 4.90 Å². The molecule has 1 heterocycles. The van der Waals surface area contributed by atoms with Crippen LogP contribution in [-0.2, 0) is 11.3 Å². The molecule has 1 aromatic carbocycles. The van der Waals surface area contributed by atoms with Crippen LogP contribution in [0.1, 0.15) is 17.2 Å². The van der Waals surface area contributed by atoms with E-state index in [2.05, 4.69) is 27.0 Å². The number of hydrogen-bond acceptors (Lipinski definition) is 3. The van der Waals surface area contributed by atoms with Gasteiger partial charge in [-0.25, -0.2) is 4.98 Å². The average Bonchev–Trinajstić information content (AvgIpc) is 2.82. The zero-order chi connectivity index (χ0) is 13.7. The average molecular weight is 254 g/mol. The number of carbonyl (C=O) groups is 1. The van der Waals surface area contributed by atoms with Crippen LogP contribution in [0.4, 0.5) is 0 Å². The molecule has 0 unspecified atom stereocenters. The van der Waals surface area contributed by atoms with E-state index in [9.17, 15) is 4.79 Å². The molecule has 0 aliphatic heterocycles. The van der Waals surface area contributed by atoms with Gasteiger partial charge in [0.05, 0.1) is 6.54 Å². The number of aromatic amines is 1. The highest BCUT2D eigenvalue weighted by Crippen LogP contribution is 1.98. The van der Waals surface area contributed by atoms with Crippen LogP contribution in [0.2, 0.25) is 0 Å². The molecule has 0 fully saturated rings. The monoisotopic (exact) mass is 254 g/mol. The third-order valence-electron chi connectivity index (χ3n) is 2.46. The lowest BCUT2D eigenvalue weighted by molar-refractivity contribution is -0.124. The van der Waals surface area contributed by atoms with Crippen LogP contribution < -0.4 is 0 Å². The number of carbonyl (C=O) groups excluding carboxylic acids is 1. The standard InChI is InChI=1S/C14H14N4O/c1-11-15-13(17-16-11)10-18(2)14(19)9-8-12-6-4-3-5-7-12/h3-7H,10H2,1-2H3,(H,15,16,17). The van der Waals surface area contributed by atoms with Gasteiger partial charge in [-0.1, -0.05) is 24.1 Å². The van der Waals surface area contributed by atoms with E-state index < -0.39 is 0 Å². The second-order valence-corrected chi connectivity index (χ2v) is 4.11. The lowest BCUT2D eigenvalue weighted by Gasteiger charge is -2.10. The Bertz CT molecular complexity index is 622. The van der Waals surface area contributed by atoms with Crippen molar-refractivity contribution in [1.29, 1.82) is 0 Å². The minimum atomic E-state index is -0.258. The smallest absolute Gasteiger partial charge is 0.298 e. The van der Waals surface area contributed by atoms with Gasteiger partial charge in [0.1, 0.15) is 5.82 Å². The number of aromatic nitrogens is 3. The van der Waals surface area contributed by atoms with Gasteiger partial charge in [-0.05, 0) is 19.1 Å². The molecule has 0 aliphatic rings. The molecule has 1 aromatic heterocycles. The van der Waals surface area contributed by atoms with E-state index in [4.69, 9.17) is 0 Å². The quantitative estimate of drug-likeness (QED) is 0.817. The zero-order valence-electron chi connectivity index (χ0n) is 10.8. The highest BCUT2D eigenvalue weighted by atomic mass is 16.2. The van der Waals surface area contributed by atoms with Crippen molar-refractivity contribution in [3.05, 3.63) is 47.5 Å². The fourth-order valence-electron chi connectivity index (χ4n) is 1.49. The first-order chi connectivity index (χ1) is 9.15. The van der Waals surface area contributed by atoms with E-state index in [1.54, 1.807) is 7.05 Å². The van der Waals surface area contributed by atoms with Crippen molar-refractivity contribution in [2.75, 3.05) is 7.05 Å². The fraction of sp³-hybridized carbons (Fsp3) is 0.214. The molecule has 1 N–H and O–H groups in total. The number of rotatable bonds is 2. The van der Waals surface area contributed by atoms with Crippen LogP contribution in [-0.4, -0.2) is 33.0 Å². The van der Waals surface area contributed by atoms with Crippen molar-refractivity contribution in [2.45, 2.75) is 13.5 Å². The highest BCUT2D eigenvalue weighted by molar-refractivity contribution is 5.93. The van der Waals surface area contributed by atoms with Gasteiger partial charge in [0, 0.05) is 18.5 Å². The van der Waals surface area contributed by atoms with Gasteiger partial charge >= 0.3 is 0 Å². The summed E-state index contributed by atoms with van der Waals surface area (Å²) in [6.45, 7) is 2.15. The summed E-state index contributed by atoms with van der Waals surface area (Å²) in [6, 6.07) is 9.39. The third kappa shape index (κ3) is 3.68. The molecular formula is C14H14N4O. The molecule has 5 nitrogen and oxygen atoms in total. The topological polar surface area (TPSA) is 61.9 Å². The zero-order valence-corrected chi connectivity index (χ0v) is 10.8. The molecule has 5 heteroatoms. The molecule has 2 rings (SSSR count). The lowest BCUT2D eigenvalue weighted by atomic mass is 10.2. The van der Waals surface area contributed by atoms with E-state index in [1.807, 2.05) is 37.3 Å². The molecule has 0 spiro atoms. The van der Waals surface area contributed by atoms with Gasteiger partial charge in [0.2, 0.25) is 0 Å². The number of aryl methyl sites for hydroxylation is 1. The van der Waals surface area contributed by atoms with E-state index in [-0.39, 0.29) is 5.91 Å². The van der Waals surface area contributed by atoms with Crippen LogP contribution >= 0.6 is 0 Å². The Balaban J connectivity index is 1.98. The number of benzene rings is 1. The number of hydrogen-bond donors (Lipinski definition) is 1. The number of nitrogens with one attached hydrogen (secondary N) is 1. The molecule has 0 atom stereocenters. The first kappa shape index (κ1) is 12.8. The molecule has 0 bridgehead atoms. The second kappa shape index (κ2) is 5.83. The first-order valence-electron chi connectivity index (χ1n) is 5.85. The number of amides is 1.